The summed E-state index contributed by atoms with van der Waals surface area (Å²) in [6.45, 7) is -1.16. The van der Waals surface area contributed by atoms with E-state index in [4.69, 9.17) is 17.0 Å². The highest BCUT2D eigenvalue weighted by atomic mass is 35.5. The molecule has 5 unspecified atom stereocenters. The Morgan fingerprint density at radius 1 is 1.16 bits per heavy atom. The summed E-state index contributed by atoms with van der Waals surface area (Å²) in [7, 11) is -2.37. The molecule has 58 heavy (non-hydrogen) atoms. The predicted octanol–water partition coefficient (Wildman–Crippen LogP) is 6.43. The summed E-state index contributed by atoms with van der Waals surface area (Å²) >= 11 is 6.55. The molecule has 0 spiro atoms. The fraction of sp³-hybridized carbons (Fsp3) is 0.395. The van der Waals surface area contributed by atoms with Crippen LogP contribution in [0.1, 0.15) is 42.8 Å². The number of rotatable bonds is 12. The maximum Gasteiger partial charge on any atom is 0.289 e. The zero-order valence-electron chi connectivity index (χ0n) is 30.9. The molecule has 308 valence electrons. The van der Waals surface area contributed by atoms with Gasteiger partial charge >= 0.3 is 0 Å². The third kappa shape index (κ3) is 8.69. The Morgan fingerprint density at radius 2 is 1.83 bits per heavy atom. The number of fused-ring (bicyclic) bond motifs is 2. The van der Waals surface area contributed by atoms with Crippen LogP contribution in [0, 0.1) is 46.6 Å². The zero-order valence-corrected chi connectivity index (χ0v) is 32.4. The van der Waals surface area contributed by atoms with Gasteiger partial charge in [0.05, 0.1) is 45.3 Å². The van der Waals surface area contributed by atoms with Crippen LogP contribution in [0.25, 0.3) is 22.0 Å². The van der Waals surface area contributed by atoms with E-state index in [1.807, 2.05) is 0 Å². The fourth-order valence-corrected chi connectivity index (χ4v) is 8.12. The number of aliphatic hydroxyl groups is 1. The number of anilines is 1. The first-order chi connectivity index (χ1) is 27.1. The van der Waals surface area contributed by atoms with Gasteiger partial charge < -0.3 is 15.8 Å². The summed E-state index contributed by atoms with van der Waals surface area (Å²) in [5.41, 5.74) is -3.75. The number of hydrogen-bond donors (Lipinski definition) is 4. The molecular formula is C38H35ClF7N7O4S. The standard InChI is InChI=1S/C38H35ClF7N7O4S/c1-37(55,17-40)11-10-21-4-5-22(23-7-9-26(39)30-33(23)53(2)51-36(30)52-58(3,56)57)32(49-21)27(14-18-12-19(41)15-20(42)13-18)50-28(54)16-48-34-29(31(47)35(43)44)24-6-8-25(24)38(34,45)46/h4-5,7,9,12-13,15,24-25,27,29,35,47,55H,6,8,14,16-17H2,1-3H3,(H,50,54)(H,51,52). The summed E-state index contributed by atoms with van der Waals surface area (Å²) in [5, 5.41) is 25.2. The monoisotopic (exact) mass is 853 g/mol. The number of nitrogens with one attached hydrogen (secondary N) is 3. The van der Waals surface area contributed by atoms with E-state index in [0.717, 1.165) is 25.3 Å². The fourth-order valence-electron chi connectivity index (χ4n) is 7.38. The molecule has 5 atom stereocenters. The van der Waals surface area contributed by atoms with Crippen molar-refractivity contribution in [2.75, 3.05) is 24.2 Å². The number of alkyl halides is 5. The molecule has 2 aromatic heterocycles. The Hall–Kier alpha value is -5.06. The first-order valence-electron chi connectivity index (χ1n) is 17.6. The average Bonchev–Trinajstić information content (AvgIpc) is 3.50. The van der Waals surface area contributed by atoms with Gasteiger partial charge in [0.25, 0.3) is 12.3 Å². The van der Waals surface area contributed by atoms with Crippen LogP contribution in [0.15, 0.2) is 47.5 Å². The van der Waals surface area contributed by atoms with Crippen molar-refractivity contribution in [1.29, 1.82) is 5.41 Å². The highest BCUT2D eigenvalue weighted by Gasteiger charge is 2.65. The van der Waals surface area contributed by atoms with Crippen molar-refractivity contribution >= 4 is 55.7 Å². The molecule has 11 nitrogen and oxygen atoms in total. The third-order valence-electron chi connectivity index (χ3n) is 10.0. The number of sulfonamides is 1. The molecule has 2 saturated carbocycles. The van der Waals surface area contributed by atoms with Crippen molar-refractivity contribution in [1.82, 2.24) is 20.1 Å². The predicted molar refractivity (Wildman–Crippen MR) is 203 cm³/mol. The highest BCUT2D eigenvalue weighted by molar-refractivity contribution is 7.92. The van der Waals surface area contributed by atoms with Gasteiger partial charge in [-0.05, 0) is 73.9 Å². The molecule has 4 aromatic rings. The number of aliphatic imine (C=N–C) groups is 1. The van der Waals surface area contributed by atoms with Gasteiger partial charge in [-0.2, -0.15) is 13.9 Å². The van der Waals surface area contributed by atoms with Gasteiger partial charge in [-0.25, -0.2) is 35.4 Å². The minimum absolute atomic E-state index is 0.00974. The molecule has 0 saturated heterocycles. The number of amides is 1. The van der Waals surface area contributed by atoms with E-state index < -0.39 is 100 Å². The first-order valence-corrected chi connectivity index (χ1v) is 19.9. The van der Waals surface area contributed by atoms with Gasteiger partial charge in [0.2, 0.25) is 15.9 Å². The number of halogens is 8. The highest BCUT2D eigenvalue weighted by Crippen LogP contribution is 2.57. The minimum Gasteiger partial charge on any atom is -0.375 e. The molecule has 2 aromatic carbocycles. The normalized spacial score (nSPS) is 20.8. The van der Waals surface area contributed by atoms with Gasteiger partial charge in [-0.15, -0.1) is 0 Å². The summed E-state index contributed by atoms with van der Waals surface area (Å²) in [5.74, 6) is -5.82. The van der Waals surface area contributed by atoms with Crippen molar-refractivity contribution in [2.24, 2.45) is 29.8 Å². The second kappa shape index (κ2) is 15.9. The average molecular weight is 854 g/mol. The largest absolute Gasteiger partial charge is 0.375 e. The smallest absolute Gasteiger partial charge is 0.289 e. The number of carbonyl (C=O) groups excluding carboxylic acids is 1. The molecule has 0 radical (unpaired) electrons. The van der Waals surface area contributed by atoms with Crippen LogP contribution in [0.5, 0.6) is 0 Å². The lowest BCUT2D eigenvalue weighted by atomic mass is 9.71. The van der Waals surface area contributed by atoms with Crippen LogP contribution >= 0.6 is 11.6 Å². The third-order valence-corrected chi connectivity index (χ3v) is 10.9. The molecule has 2 aliphatic carbocycles. The van der Waals surface area contributed by atoms with E-state index in [-0.39, 0.29) is 62.7 Å². The number of aromatic nitrogens is 3. The summed E-state index contributed by atoms with van der Waals surface area (Å²) in [6, 6.07) is 6.98. The van der Waals surface area contributed by atoms with Crippen LogP contribution in [-0.4, -0.2) is 83.0 Å². The SMILES string of the molecule is Cn1nc(NS(C)(=O)=O)c2c(Cl)ccc(-c3ccc(C#CC(C)(O)CF)nc3C(Cc3cc(F)cc(F)c3)NC(=O)CN=C3C(C(=N)C(F)F)C4CCC4C3(F)F)c21. The maximum atomic E-state index is 15.5. The number of pyridine rings is 1. The van der Waals surface area contributed by atoms with Gasteiger partial charge in [0.1, 0.15) is 30.5 Å². The summed E-state index contributed by atoms with van der Waals surface area (Å²) in [4.78, 5) is 22.2. The van der Waals surface area contributed by atoms with Gasteiger partial charge in [0.15, 0.2) is 11.4 Å². The maximum absolute atomic E-state index is 15.5. The lowest BCUT2D eigenvalue weighted by Crippen LogP contribution is -2.37. The van der Waals surface area contributed by atoms with Crippen LogP contribution in [0.3, 0.4) is 0 Å². The Bertz CT molecular complexity index is 2500. The van der Waals surface area contributed by atoms with Crippen molar-refractivity contribution in [3.63, 3.8) is 0 Å². The molecule has 4 N–H and O–H groups in total. The van der Waals surface area contributed by atoms with Gasteiger partial charge in [-0.1, -0.05) is 23.6 Å². The zero-order chi connectivity index (χ0) is 42.5. The van der Waals surface area contributed by atoms with Crippen LogP contribution in [-0.2, 0) is 28.3 Å². The van der Waals surface area contributed by atoms with Crippen LogP contribution in [0.4, 0.5) is 36.6 Å². The van der Waals surface area contributed by atoms with E-state index in [9.17, 15) is 40.3 Å². The molecule has 2 heterocycles. The number of hydrogen-bond acceptors (Lipinski definition) is 8. The van der Waals surface area contributed by atoms with Gasteiger partial charge in [-0.3, -0.25) is 19.2 Å². The number of nitrogens with zero attached hydrogens (tertiary/aromatic N) is 4. The van der Waals surface area contributed by atoms with E-state index in [2.05, 4.69) is 37.0 Å². The molecule has 2 aliphatic rings. The summed E-state index contributed by atoms with van der Waals surface area (Å²) < 4.78 is 129. The lowest BCUT2D eigenvalue weighted by Gasteiger charge is -2.34. The lowest BCUT2D eigenvalue weighted by molar-refractivity contribution is -0.120. The van der Waals surface area contributed by atoms with E-state index in [0.29, 0.717) is 6.07 Å². The Kier molecular flexibility index (Phi) is 11.7. The van der Waals surface area contributed by atoms with Crippen LogP contribution < -0.4 is 10.0 Å². The number of benzene rings is 2. The molecule has 0 bridgehead atoms. The van der Waals surface area contributed by atoms with Gasteiger partial charge in [0, 0.05) is 36.1 Å². The van der Waals surface area contributed by atoms with Crippen molar-refractivity contribution in [3.8, 4) is 23.0 Å². The second-order valence-corrected chi connectivity index (χ2v) is 16.6. The quantitative estimate of drug-likeness (QED) is 0.0730. The van der Waals surface area contributed by atoms with E-state index in [1.165, 1.54) is 36.0 Å². The topological polar surface area (TPSA) is 162 Å². The number of aryl methyl sites for hydroxylation is 1. The van der Waals surface area contributed by atoms with Crippen molar-refractivity contribution < 1.29 is 49.1 Å². The summed E-state index contributed by atoms with van der Waals surface area (Å²) in [6.07, 6.45) is -2.63. The Labute approximate surface area is 332 Å². The Morgan fingerprint density at radius 3 is 2.43 bits per heavy atom. The minimum atomic E-state index is -3.86. The van der Waals surface area contributed by atoms with E-state index in [1.54, 1.807) is 0 Å². The molecule has 0 aliphatic heterocycles. The molecule has 1 amide bonds. The second-order valence-electron chi connectivity index (χ2n) is 14.5. The Balaban J connectivity index is 1.51. The molecular weight excluding hydrogens is 819 g/mol. The van der Waals surface area contributed by atoms with Crippen molar-refractivity contribution in [2.45, 2.75) is 50.2 Å². The van der Waals surface area contributed by atoms with E-state index >= 15 is 8.78 Å². The molecule has 20 heteroatoms. The molecule has 2 fully saturated rings. The number of carbonyl (C=O) groups is 1. The van der Waals surface area contributed by atoms with Crippen LogP contribution in [0.2, 0.25) is 5.02 Å². The van der Waals surface area contributed by atoms with Crippen molar-refractivity contribution in [3.05, 3.63) is 76.1 Å². The first kappa shape index (κ1) is 42.5. The molecule has 6 rings (SSSR count).